The molecule has 3 aliphatic carbocycles. The van der Waals surface area contributed by atoms with E-state index in [1.807, 2.05) is 27.7 Å². The van der Waals surface area contributed by atoms with Crippen LogP contribution in [0.2, 0.25) is 0 Å². The first kappa shape index (κ1) is 28.0. The van der Waals surface area contributed by atoms with E-state index < -0.39 is 0 Å². The summed E-state index contributed by atoms with van der Waals surface area (Å²) in [6.45, 7) is 21.9. The largest absolute Gasteiger partial charge is 0.0956 e. The van der Waals surface area contributed by atoms with Crippen LogP contribution in [0.4, 0.5) is 0 Å². The lowest BCUT2D eigenvalue weighted by Crippen LogP contribution is -2.33. The Hall–Kier alpha value is -1.04. The van der Waals surface area contributed by atoms with Gasteiger partial charge in [-0.25, -0.2) is 0 Å². The summed E-state index contributed by atoms with van der Waals surface area (Å²) in [6.07, 6.45) is 23.3. The average molecular weight is 427 g/mol. The second-order valence-corrected chi connectivity index (χ2v) is 10.2. The Morgan fingerprint density at radius 3 is 2.26 bits per heavy atom. The molecule has 0 aromatic rings. The van der Waals surface area contributed by atoms with Gasteiger partial charge in [-0.1, -0.05) is 97.4 Å². The normalized spacial score (nSPS) is 31.8. The van der Waals surface area contributed by atoms with Gasteiger partial charge in [-0.05, 0) is 98.9 Å². The molecular formula is C31H54. The van der Waals surface area contributed by atoms with Crippen LogP contribution in [0.3, 0.4) is 0 Å². The molecule has 0 heterocycles. The van der Waals surface area contributed by atoms with E-state index in [9.17, 15) is 0 Å². The summed E-state index contributed by atoms with van der Waals surface area (Å²) >= 11 is 0. The zero-order valence-corrected chi connectivity index (χ0v) is 22.4. The van der Waals surface area contributed by atoms with Crippen LogP contribution >= 0.6 is 0 Å². The van der Waals surface area contributed by atoms with Gasteiger partial charge in [0.2, 0.25) is 0 Å². The standard InChI is InChI=1S/C27H42.2C2H6/c1-20(2)21(3)11-8-14-25-17-18-26-24(13-9-19-27(25,26)5)16-15-23-12-7-6-10-22(23)4;2*1-2/h8,11,15-16,20-21,25-26H,4,6-7,9-10,12-14,17-19H2,1-3,5H3;2*1-2H3/b11-8+,23-15-,24-16+;;/t21-,25-,26-,27+;;/m0../s1. The molecule has 0 bridgehead atoms. The van der Waals surface area contributed by atoms with Gasteiger partial charge in [-0.15, -0.1) is 0 Å². The zero-order chi connectivity index (χ0) is 23.4. The molecule has 3 aliphatic rings. The molecule has 3 saturated carbocycles. The SMILES string of the molecule is C=C1CCCC/C1=C/C=C1\CCC[C@]2(C)[C@@H](C/C=C/[C@H](C)C(C)C)CC[C@@H]12.CC.CC. The Labute approximate surface area is 196 Å². The summed E-state index contributed by atoms with van der Waals surface area (Å²) in [7, 11) is 0. The first-order valence-corrected chi connectivity index (χ1v) is 13.7. The van der Waals surface area contributed by atoms with Crippen LogP contribution in [0, 0.1) is 29.1 Å². The topological polar surface area (TPSA) is 0 Å². The minimum absolute atomic E-state index is 0.525. The monoisotopic (exact) mass is 426 g/mol. The second-order valence-electron chi connectivity index (χ2n) is 10.2. The molecule has 3 fully saturated rings. The quantitative estimate of drug-likeness (QED) is 0.383. The van der Waals surface area contributed by atoms with Crippen molar-refractivity contribution >= 4 is 0 Å². The third kappa shape index (κ3) is 7.50. The summed E-state index contributed by atoms with van der Waals surface area (Å²) in [5, 5.41) is 0. The summed E-state index contributed by atoms with van der Waals surface area (Å²) in [5.41, 5.74) is 5.20. The highest BCUT2D eigenvalue weighted by Gasteiger charge is 2.48. The Morgan fingerprint density at radius 1 is 0.935 bits per heavy atom. The Morgan fingerprint density at radius 2 is 1.61 bits per heavy atom. The third-order valence-electron chi connectivity index (χ3n) is 8.20. The molecule has 0 spiro atoms. The smallest absolute Gasteiger partial charge is 0.0143 e. The first-order valence-electron chi connectivity index (χ1n) is 13.7. The fraction of sp³-hybridized carbons (Fsp3) is 0.742. The molecule has 178 valence electrons. The summed E-state index contributed by atoms with van der Waals surface area (Å²) in [6, 6.07) is 0. The van der Waals surface area contributed by atoms with E-state index >= 15 is 0 Å². The highest BCUT2D eigenvalue weighted by Crippen LogP contribution is 2.58. The molecule has 0 amide bonds. The van der Waals surface area contributed by atoms with Gasteiger partial charge in [0, 0.05) is 0 Å². The highest BCUT2D eigenvalue weighted by atomic mass is 14.5. The number of hydrogen-bond acceptors (Lipinski definition) is 0. The van der Waals surface area contributed by atoms with E-state index in [0.29, 0.717) is 11.3 Å². The second kappa shape index (κ2) is 14.2. The van der Waals surface area contributed by atoms with Crippen molar-refractivity contribution in [3.63, 3.8) is 0 Å². The van der Waals surface area contributed by atoms with Crippen LogP contribution in [0.25, 0.3) is 0 Å². The van der Waals surface area contributed by atoms with Crippen LogP contribution in [-0.4, -0.2) is 0 Å². The number of hydrogen-bond donors (Lipinski definition) is 0. The number of rotatable bonds is 5. The maximum Gasteiger partial charge on any atom is -0.0143 e. The van der Waals surface area contributed by atoms with Crippen LogP contribution in [0.5, 0.6) is 0 Å². The lowest BCUT2D eigenvalue weighted by Gasteiger charge is -2.42. The molecule has 0 heteroatoms. The molecule has 0 saturated heterocycles. The van der Waals surface area contributed by atoms with E-state index in [4.69, 9.17) is 0 Å². The zero-order valence-electron chi connectivity index (χ0n) is 22.4. The Balaban J connectivity index is 0.00000113. The Kier molecular flexibility index (Phi) is 12.8. The maximum absolute atomic E-state index is 4.31. The van der Waals surface area contributed by atoms with Crippen molar-refractivity contribution in [1.29, 1.82) is 0 Å². The van der Waals surface area contributed by atoms with Crippen LogP contribution in [0.1, 0.15) is 120 Å². The van der Waals surface area contributed by atoms with Crippen molar-refractivity contribution < 1.29 is 0 Å². The summed E-state index contributed by atoms with van der Waals surface area (Å²) in [5.74, 6) is 3.15. The van der Waals surface area contributed by atoms with Gasteiger partial charge in [0.05, 0.1) is 0 Å². The van der Waals surface area contributed by atoms with Crippen molar-refractivity contribution in [2.24, 2.45) is 29.1 Å². The van der Waals surface area contributed by atoms with Crippen LogP contribution in [-0.2, 0) is 0 Å². The summed E-state index contributed by atoms with van der Waals surface area (Å²) < 4.78 is 0. The van der Waals surface area contributed by atoms with Crippen LogP contribution < -0.4 is 0 Å². The van der Waals surface area contributed by atoms with Gasteiger partial charge < -0.3 is 0 Å². The molecular weight excluding hydrogens is 372 g/mol. The number of fused-ring (bicyclic) bond motifs is 1. The van der Waals surface area contributed by atoms with Crippen molar-refractivity contribution in [2.75, 3.05) is 0 Å². The summed E-state index contributed by atoms with van der Waals surface area (Å²) in [4.78, 5) is 0. The van der Waals surface area contributed by atoms with E-state index in [1.165, 1.54) is 75.4 Å². The van der Waals surface area contributed by atoms with Gasteiger partial charge in [0.25, 0.3) is 0 Å². The predicted molar refractivity (Wildman–Crippen MR) is 142 cm³/mol. The molecule has 3 rings (SSSR count). The molecule has 0 nitrogen and oxygen atoms in total. The van der Waals surface area contributed by atoms with E-state index in [0.717, 1.165) is 17.8 Å². The lowest BCUT2D eigenvalue weighted by molar-refractivity contribution is 0.137. The lowest BCUT2D eigenvalue weighted by atomic mass is 9.63. The van der Waals surface area contributed by atoms with Crippen LogP contribution in [0.15, 0.2) is 47.6 Å². The predicted octanol–water partition coefficient (Wildman–Crippen LogP) is 10.5. The minimum atomic E-state index is 0.525. The molecule has 0 N–H and O–H groups in total. The fourth-order valence-corrected chi connectivity index (χ4v) is 5.81. The molecule has 31 heavy (non-hydrogen) atoms. The van der Waals surface area contributed by atoms with E-state index in [1.54, 1.807) is 5.57 Å². The number of allylic oxidation sites excluding steroid dienone is 7. The fourth-order valence-electron chi connectivity index (χ4n) is 5.81. The molecule has 0 unspecified atom stereocenters. The van der Waals surface area contributed by atoms with E-state index in [-0.39, 0.29) is 0 Å². The van der Waals surface area contributed by atoms with Gasteiger partial charge >= 0.3 is 0 Å². The van der Waals surface area contributed by atoms with Crippen molar-refractivity contribution in [3.05, 3.63) is 47.6 Å². The van der Waals surface area contributed by atoms with Gasteiger partial charge in [0.1, 0.15) is 0 Å². The Bertz CT molecular complexity index is 614. The molecule has 0 aromatic carbocycles. The molecule has 0 radical (unpaired) electrons. The first-order chi connectivity index (χ1) is 14.9. The van der Waals surface area contributed by atoms with Crippen molar-refractivity contribution in [1.82, 2.24) is 0 Å². The van der Waals surface area contributed by atoms with Gasteiger partial charge in [-0.2, -0.15) is 0 Å². The van der Waals surface area contributed by atoms with Gasteiger partial charge in [0.15, 0.2) is 0 Å². The molecule has 0 aromatic heterocycles. The average Bonchev–Trinajstić information content (AvgIpc) is 3.12. The highest BCUT2D eigenvalue weighted by molar-refractivity contribution is 5.35. The van der Waals surface area contributed by atoms with Gasteiger partial charge in [-0.3, -0.25) is 0 Å². The minimum Gasteiger partial charge on any atom is -0.0956 e. The van der Waals surface area contributed by atoms with Crippen molar-refractivity contribution in [2.45, 2.75) is 120 Å². The maximum atomic E-state index is 4.31. The molecule has 4 atom stereocenters. The van der Waals surface area contributed by atoms with E-state index in [2.05, 4.69) is 58.6 Å². The molecule has 0 aliphatic heterocycles. The van der Waals surface area contributed by atoms with Crippen molar-refractivity contribution in [3.8, 4) is 0 Å². The third-order valence-corrected chi connectivity index (χ3v) is 8.20.